The van der Waals surface area contributed by atoms with Crippen LogP contribution in [-0.2, 0) is 14.8 Å². The molecule has 0 aliphatic carbocycles. The molecule has 2 saturated heterocycles. The Labute approximate surface area is 238 Å². The maximum absolute atomic E-state index is 13.9. The number of carbonyl (C=O) groups is 1. The first-order valence-electron chi connectivity index (χ1n) is 12.5. The quantitative estimate of drug-likeness (QED) is 0.425. The summed E-state index contributed by atoms with van der Waals surface area (Å²) in [6, 6.07) is 7.39. The SMILES string of the molecule is COc1ccc(OCCN2C[C@H]([C@@H](O)CO)C3CCCC(C2=O)N3S(=O)(=O)c2cc(Cl)cc(Cl)c2)cc1OC. The number of aliphatic hydroxyl groups is 2. The topological polar surface area (TPSA) is 126 Å². The number of fused-ring (bicyclic) bond motifs is 2. The Morgan fingerprint density at radius 3 is 2.38 bits per heavy atom. The van der Waals surface area contributed by atoms with E-state index < -0.39 is 40.7 Å². The molecule has 2 heterocycles. The van der Waals surface area contributed by atoms with Gasteiger partial charge in [0.2, 0.25) is 15.9 Å². The predicted octanol–water partition coefficient (Wildman–Crippen LogP) is 2.81. The van der Waals surface area contributed by atoms with Gasteiger partial charge in [0.25, 0.3) is 0 Å². The van der Waals surface area contributed by atoms with Gasteiger partial charge in [0.1, 0.15) is 18.4 Å². The molecule has 10 nitrogen and oxygen atoms in total. The van der Waals surface area contributed by atoms with E-state index in [9.17, 15) is 23.4 Å². The van der Waals surface area contributed by atoms with Gasteiger partial charge in [-0.15, -0.1) is 0 Å². The van der Waals surface area contributed by atoms with E-state index >= 15 is 0 Å². The number of sulfonamides is 1. The molecule has 2 aromatic carbocycles. The normalized spacial score (nSPS) is 22.8. The van der Waals surface area contributed by atoms with Crippen LogP contribution < -0.4 is 14.2 Å². The highest BCUT2D eigenvalue weighted by molar-refractivity contribution is 7.89. The molecule has 2 N–H and O–H groups in total. The van der Waals surface area contributed by atoms with Crippen LogP contribution in [0.15, 0.2) is 41.3 Å². The number of carbonyl (C=O) groups excluding carboxylic acids is 1. The van der Waals surface area contributed by atoms with Crippen molar-refractivity contribution in [3.8, 4) is 17.2 Å². The summed E-state index contributed by atoms with van der Waals surface area (Å²) in [5.41, 5.74) is 0. The minimum Gasteiger partial charge on any atom is -0.493 e. The molecule has 0 radical (unpaired) electrons. The molecular weight excluding hydrogens is 571 g/mol. The number of hydrogen-bond donors (Lipinski definition) is 2. The highest BCUT2D eigenvalue weighted by Crippen LogP contribution is 2.39. The number of aliphatic hydroxyl groups excluding tert-OH is 2. The largest absolute Gasteiger partial charge is 0.493 e. The van der Waals surface area contributed by atoms with Gasteiger partial charge in [0.05, 0.1) is 38.4 Å². The second-order valence-electron chi connectivity index (χ2n) is 9.52. The molecule has 0 saturated carbocycles. The molecule has 0 aromatic heterocycles. The van der Waals surface area contributed by atoms with Crippen LogP contribution >= 0.6 is 23.2 Å². The number of amides is 1. The fraction of sp³-hybridized carbons (Fsp3) is 0.500. The highest BCUT2D eigenvalue weighted by Gasteiger charge is 2.51. The second kappa shape index (κ2) is 12.5. The van der Waals surface area contributed by atoms with E-state index in [1.54, 1.807) is 18.2 Å². The van der Waals surface area contributed by atoms with Gasteiger partial charge < -0.3 is 29.3 Å². The molecule has 0 spiro atoms. The summed E-state index contributed by atoms with van der Waals surface area (Å²) in [6.07, 6.45) is 0.0931. The zero-order valence-corrected chi connectivity index (χ0v) is 24.0. The molecule has 214 valence electrons. The average Bonchev–Trinajstić information content (AvgIpc) is 2.99. The van der Waals surface area contributed by atoms with Gasteiger partial charge in [0.15, 0.2) is 11.5 Å². The van der Waals surface area contributed by atoms with Gasteiger partial charge >= 0.3 is 0 Å². The van der Waals surface area contributed by atoms with Crippen molar-refractivity contribution >= 4 is 39.1 Å². The maximum Gasteiger partial charge on any atom is 0.244 e. The maximum atomic E-state index is 13.9. The number of rotatable bonds is 10. The van der Waals surface area contributed by atoms with Crippen molar-refractivity contribution in [3.05, 3.63) is 46.4 Å². The average molecular weight is 604 g/mol. The highest BCUT2D eigenvalue weighted by atomic mass is 35.5. The predicted molar refractivity (Wildman–Crippen MR) is 145 cm³/mol. The summed E-state index contributed by atoms with van der Waals surface area (Å²) < 4.78 is 45.4. The fourth-order valence-corrected chi connectivity index (χ4v) is 7.96. The van der Waals surface area contributed by atoms with Crippen molar-refractivity contribution in [1.82, 2.24) is 9.21 Å². The summed E-state index contributed by atoms with van der Waals surface area (Å²) >= 11 is 12.2. The van der Waals surface area contributed by atoms with Crippen LogP contribution in [0.2, 0.25) is 10.0 Å². The number of hydrogen-bond acceptors (Lipinski definition) is 8. The van der Waals surface area contributed by atoms with Gasteiger partial charge in [-0.1, -0.05) is 23.2 Å². The second-order valence-corrected chi connectivity index (χ2v) is 12.2. The molecule has 2 aliphatic rings. The number of benzene rings is 2. The van der Waals surface area contributed by atoms with E-state index in [0.29, 0.717) is 36.5 Å². The van der Waals surface area contributed by atoms with Crippen molar-refractivity contribution in [3.63, 3.8) is 0 Å². The number of piperidine rings is 1. The van der Waals surface area contributed by atoms with Gasteiger partial charge in [-0.05, 0) is 49.6 Å². The first kappa shape index (κ1) is 29.7. The van der Waals surface area contributed by atoms with Gasteiger partial charge in [0, 0.05) is 34.6 Å². The standard InChI is InChI=1S/C26H32Cl2N2O8S/c1-36-24-7-6-18(13-25(24)37-2)38-9-8-29-14-20(23(32)15-31)21-4-3-5-22(26(29)33)30(21)39(34,35)19-11-16(27)10-17(28)12-19/h6-7,10-13,20-23,31-32H,3-5,8-9,14-15H2,1-2H3/t20-,21?,22?,23-/m0/s1. The Balaban J connectivity index is 1.62. The van der Waals surface area contributed by atoms with Crippen LogP contribution in [0, 0.1) is 5.92 Å². The van der Waals surface area contributed by atoms with E-state index in [2.05, 4.69) is 0 Å². The summed E-state index contributed by atoms with van der Waals surface area (Å²) in [4.78, 5) is 15.2. The molecule has 2 bridgehead atoms. The molecular formula is C26H32Cl2N2O8S. The molecule has 39 heavy (non-hydrogen) atoms. The first-order valence-corrected chi connectivity index (χ1v) is 14.7. The van der Waals surface area contributed by atoms with E-state index in [4.69, 9.17) is 37.4 Å². The molecule has 13 heteroatoms. The van der Waals surface area contributed by atoms with Gasteiger partial charge in [-0.3, -0.25) is 4.79 Å². The molecule has 2 aromatic rings. The van der Waals surface area contributed by atoms with Crippen molar-refractivity contribution in [1.29, 1.82) is 0 Å². The lowest BCUT2D eigenvalue weighted by molar-refractivity contribution is -0.135. The molecule has 4 rings (SSSR count). The Kier molecular flexibility index (Phi) is 9.51. The smallest absolute Gasteiger partial charge is 0.244 e. The summed E-state index contributed by atoms with van der Waals surface area (Å²) in [5, 5.41) is 20.9. The van der Waals surface area contributed by atoms with Gasteiger partial charge in [-0.2, -0.15) is 4.31 Å². The van der Waals surface area contributed by atoms with Crippen LogP contribution in [0.3, 0.4) is 0 Å². The minimum atomic E-state index is -4.23. The molecule has 2 unspecified atom stereocenters. The zero-order chi connectivity index (χ0) is 28.3. The van der Waals surface area contributed by atoms with Crippen LogP contribution in [-0.4, -0.2) is 92.5 Å². The molecule has 1 amide bonds. The number of halogens is 2. The third-order valence-corrected chi connectivity index (χ3v) is 9.56. The Hall–Kier alpha value is -2.28. The molecule has 2 aliphatic heterocycles. The number of nitrogens with zero attached hydrogens (tertiary/aromatic N) is 2. The summed E-state index contributed by atoms with van der Waals surface area (Å²) in [5.74, 6) is 0.419. The Morgan fingerprint density at radius 1 is 1.05 bits per heavy atom. The number of ether oxygens (including phenoxy) is 3. The van der Waals surface area contributed by atoms with Gasteiger partial charge in [-0.25, -0.2) is 8.42 Å². The van der Waals surface area contributed by atoms with Crippen LogP contribution in [0.4, 0.5) is 0 Å². The third-order valence-electron chi connectivity index (χ3n) is 7.21. The van der Waals surface area contributed by atoms with Crippen LogP contribution in [0.5, 0.6) is 17.2 Å². The lowest BCUT2D eigenvalue weighted by atomic mass is 9.87. The monoisotopic (exact) mass is 602 g/mol. The lowest BCUT2D eigenvalue weighted by Crippen LogP contribution is -2.56. The van der Waals surface area contributed by atoms with E-state index in [0.717, 1.165) is 0 Å². The van der Waals surface area contributed by atoms with Crippen molar-refractivity contribution in [2.75, 3.05) is 40.5 Å². The van der Waals surface area contributed by atoms with Crippen molar-refractivity contribution in [2.24, 2.45) is 5.92 Å². The van der Waals surface area contributed by atoms with Crippen molar-refractivity contribution < 1.29 is 37.6 Å². The lowest BCUT2D eigenvalue weighted by Gasteiger charge is -2.41. The molecule has 2 fully saturated rings. The van der Waals surface area contributed by atoms with E-state index in [1.807, 2.05) is 0 Å². The van der Waals surface area contributed by atoms with E-state index in [1.165, 1.54) is 41.6 Å². The Morgan fingerprint density at radius 2 is 1.74 bits per heavy atom. The van der Waals surface area contributed by atoms with Crippen molar-refractivity contribution in [2.45, 2.75) is 42.3 Å². The first-order chi connectivity index (χ1) is 18.6. The fourth-order valence-electron chi connectivity index (χ4n) is 5.36. The zero-order valence-electron chi connectivity index (χ0n) is 21.6. The summed E-state index contributed by atoms with van der Waals surface area (Å²) in [7, 11) is -1.19. The van der Waals surface area contributed by atoms with Crippen LogP contribution in [0.1, 0.15) is 19.3 Å². The summed E-state index contributed by atoms with van der Waals surface area (Å²) in [6.45, 7) is -0.272. The van der Waals surface area contributed by atoms with E-state index in [-0.39, 0.29) is 40.5 Å². The Bertz CT molecular complexity index is 1270. The number of methoxy groups -OCH3 is 2. The minimum absolute atomic E-state index is 0.0549. The third kappa shape index (κ3) is 6.23. The molecule has 4 atom stereocenters. The van der Waals surface area contributed by atoms with Crippen LogP contribution in [0.25, 0.3) is 0 Å².